The van der Waals surface area contributed by atoms with E-state index in [2.05, 4.69) is 9.73 Å². The second-order valence-electron chi connectivity index (χ2n) is 4.30. The zero-order chi connectivity index (χ0) is 14.4. The van der Waals surface area contributed by atoms with Gasteiger partial charge in [-0.3, -0.25) is 0 Å². The molecule has 1 aliphatic rings. The fraction of sp³-hybridized carbons (Fsp3) is 0.462. The van der Waals surface area contributed by atoms with E-state index in [0.717, 1.165) is 30.2 Å². The van der Waals surface area contributed by atoms with Gasteiger partial charge in [0.15, 0.2) is 5.96 Å². The predicted molar refractivity (Wildman–Crippen MR) is 77.3 cm³/mol. The average Bonchev–Trinajstić information content (AvgIpc) is 2.45. The Morgan fingerprint density at radius 1 is 1.40 bits per heavy atom. The molecule has 1 aromatic rings. The Morgan fingerprint density at radius 2 is 2.15 bits per heavy atom. The van der Waals surface area contributed by atoms with Gasteiger partial charge in [0.05, 0.1) is 6.54 Å². The zero-order valence-electron chi connectivity index (χ0n) is 11.0. The van der Waals surface area contributed by atoms with Gasteiger partial charge in [-0.2, -0.15) is 20.5 Å². The lowest BCUT2D eigenvalue weighted by Crippen LogP contribution is -2.42. The van der Waals surface area contributed by atoms with Gasteiger partial charge < -0.3 is 15.4 Å². The Kier molecular flexibility index (Phi) is 5.46. The first-order chi connectivity index (χ1) is 9.65. The summed E-state index contributed by atoms with van der Waals surface area (Å²) < 4.78 is 28.6. The van der Waals surface area contributed by atoms with Gasteiger partial charge in [-0.15, -0.1) is 0 Å². The fourth-order valence-corrected chi connectivity index (χ4v) is 2.79. The third kappa shape index (κ3) is 4.56. The Hall–Kier alpha value is -1.50. The quantitative estimate of drug-likeness (QED) is 0.684. The van der Waals surface area contributed by atoms with E-state index in [-0.39, 0.29) is 5.75 Å². The van der Waals surface area contributed by atoms with Gasteiger partial charge in [-0.25, -0.2) is 4.99 Å². The molecule has 110 valence electrons. The van der Waals surface area contributed by atoms with Crippen LogP contribution in [-0.4, -0.2) is 42.1 Å². The van der Waals surface area contributed by atoms with Crippen LogP contribution in [0.5, 0.6) is 5.75 Å². The number of thioether (sulfide) groups is 1. The number of halogens is 2. The van der Waals surface area contributed by atoms with Crippen molar-refractivity contribution in [2.45, 2.75) is 13.2 Å². The largest absolute Gasteiger partial charge is 0.435 e. The van der Waals surface area contributed by atoms with Crippen LogP contribution >= 0.6 is 11.8 Å². The molecule has 0 amide bonds. The minimum Gasteiger partial charge on any atom is -0.435 e. The van der Waals surface area contributed by atoms with Crippen LogP contribution in [0.3, 0.4) is 0 Å². The molecule has 0 spiro atoms. The number of hydrogen-bond donors (Lipinski definition) is 1. The van der Waals surface area contributed by atoms with Crippen LogP contribution in [0.1, 0.15) is 5.56 Å². The number of aliphatic imine (C=N–C) groups is 1. The summed E-state index contributed by atoms with van der Waals surface area (Å²) in [7, 11) is 0. The first-order valence-electron chi connectivity index (χ1n) is 6.31. The van der Waals surface area contributed by atoms with Crippen molar-refractivity contribution < 1.29 is 13.5 Å². The summed E-state index contributed by atoms with van der Waals surface area (Å²) in [6.45, 7) is -0.663. The summed E-state index contributed by atoms with van der Waals surface area (Å²) >= 11 is 1.90. The van der Waals surface area contributed by atoms with Gasteiger partial charge >= 0.3 is 6.61 Å². The van der Waals surface area contributed by atoms with Crippen molar-refractivity contribution in [3.05, 3.63) is 29.8 Å². The van der Waals surface area contributed by atoms with Crippen molar-refractivity contribution in [2.24, 2.45) is 10.7 Å². The second kappa shape index (κ2) is 7.33. The van der Waals surface area contributed by atoms with Crippen LogP contribution < -0.4 is 10.5 Å². The highest BCUT2D eigenvalue weighted by Gasteiger charge is 2.12. The van der Waals surface area contributed by atoms with E-state index >= 15 is 0 Å². The van der Waals surface area contributed by atoms with Gasteiger partial charge in [0.2, 0.25) is 0 Å². The Morgan fingerprint density at radius 3 is 2.85 bits per heavy atom. The van der Waals surface area contributed by atoms with E-state index in [0.29, 0.717) is 12.5 Å². The number of benzene rings is 1. The normalized spacial score (nSPS) is 16.6. The van der Waals surface area contributed by atoms with E-state index in [4.69, 9.17) is 5.73 Å². The lowest BCUT2D eigenvalue weighted by atomic mass is 10.2. The molecule has 7 heteroatoms. The van der Waals surface area contributed by atoms with Crippen molar-refractivity contribution >= 4 is 17.7 Å². The van der Waals surface area contributed by atoms with Crippen LogP contribution in [0.4, 0.5) is 8.78 Å². The molecule has 2 N–H and O–H groups in total. The predicted octanol–water partition coefficient (Wildman–Crippen LogP) is 2.15. The lowest BCUT2D eigenvalue weighted by Gasteiger charge is -2.27. The number of guanidine groups is 1. The molecule has 0 atom stereocenters. The van der Waals surface area contributed by atoms with Crippen LogP contribution in [0.25, 0.3) is 0 Å². The smallest absolute Gasteiger partial charge is 0.387 e. The maximum absolute atomic E-state index is 12.1. The molecular formula is C13H17F2N3OS. The zero-order valence-corrected chi connectivity index (χ0v) is 11.8. The summed E-state index contributed by atoms with van der Waals surface area (Å²) in [5.41, 5.74) is 6.72. The topological polar surface area (TPSA) is 50.9 Å². The molecule has 0 radical (unpaired) electrons. The first-order valence-corrected chi connectivity index (χ1v) is 7.47. The molecule has 0 unspecified atom stereocenters. The lowest BCUT2D eigenvalue weighted by molar-refractivity contribution is -0.0498. The molecular weight excluding hydrogens is 284 g/mol. The molecule has 0 aromatic heterocycles. The average molecular weight is 301 g/mol. The van der Waals surface area contributed by atoms with Gasteiger partial charge in [0, 0.05) is 24.6 Å². The molecule has 1 aliphatic heterocycles. The van der Waals surface area contributed by atoms with Gasteiger partial charge in [-0.1, -0.05) is 12.1 Å². The van der Waals surface area contributed by atoms with Gasteiger partial charge in [0.1, 0.15) is 5.75 Å². The number of ether oxygens (including phenoxy) is 1. The van der Waals surface area contributed by atoms with Crippen molar-refractivity contribution in [1.82, 2.24) is 4.90 Å². The third-order valence-corrected chi connectivity index (χ3v) is 3.82. The summed E-state index contributed by atoms with van der Waals surface area (Å²) in [4.78, 5) is 6.34. The minimum absolute atomic E-state index is 0.139. The van der Waals surface area contributed by atoms with Crippen molar-refractivity contribution in [2.75, 3.05) is 24.6 Å². The van der Waals surface area contributed by atoms with Crippen molar-refractivity contribution in [3.63, 3.8) is 0 Å². The molecule has 4 nitrogen and oxygen atoms in total. The molecule has 20 heavy (non-hydrogen) atoms. The van der Waals surface area contributed by atoms with Crippen LogP contribution in [0.2, 0.25) is 0 Å². The number of hydrogen-bond acceptors (Lipinski definition) is 3. The molecule has 1 aromatic carbocycles. The third-order valence-electron chi connectivity index (χ3n) is 2.88. The number of rotatable bonds is 4. The summed E-state index contributed by atoms with van der Waals surface area (Å²) in [6, 6.07) is 6.51. The highest BCUT2D eigenvalue weighted by atomic mass is 32.2. The molecule has 1 heterocycles. The molecule has 1 fully saturated rings. The Balaban J connectivity index is 1.95. The van der Waals surface area contributed by atoms with E-state index in [9.17, 15) is 8.78 Å². The first kappa shape index (κ1) is 14.9. The Bertz CT molecular complexity index is 465. The second-order valence-corrected chi connectivity index (χ2v) is 5.52. The van der Waals surface area contributed by atoms with E-state index in [1.807, 2.05) is 16.7 Å². The number of alkyl halides is 2. The maximum atomic E-state index is 12.1. The monoisotopic (exact) mass is 301 g/mol. The summed E-state index contributed by atoms with van der Waals surface area (Å²) in [5, 5.41) is 0. The molecule has 0 bridgehead atoms. The van der Waals surface area contributed by atoms with E-state index < -0.39 is 6.61 Å². The van der Waals surface area contributed by atoms with Gasteiger partial charge in [-0.05, 0) is 17.7 Å². The fourth-order valence-electron chi connectivity index (χ4n) is 1.88. The molecule has 1 saturated heterocycles. The highest BCUT2D eigenvalue weighted by molar-refractivity contribution is 7.99. The van der Waals surface area contributed by atoms with E-state index in [1.54, 1.807) is 18.2 Å². The standard InChI is InChI=1S/C13H17F2N3OS/c14-12(15)19-11-3-1-2-10(8-11)9-17-13(16)18-4-6-20-7-5-18/h1-3,8,12H,4-7,9H2,(H2,16,17). The van der Waals surface area contributed by atoms with Crippen LogP contribution in [0, 0.1) is 0 Å². The van der Waals surface area contributed by atoms with Crippen molar-refractivity contribution in [3.8, 4) is 5.75 Å². The van der Waals surface area contributed by atoms with Gasteiger partial charge in [0.25, 0.3) is 0 Å². The highest BCUT2D eigenvalue weighted by Crippen LogP contribution is 2.16. The molecule has 0 saturated carbocycles. The SMILES string of the molecule is NC(=NCc1cccc(OC(F)F)c1)N1CCSCC1. The Labute approximate surface area is 121 Å². The van der Waals surface area contributed by atoms with Crippen molar-refractivity contribution in [1.29, 1.82) is 0 Å². The summed E-state index contributed by atoms with van der Waals surface area (Å²) in [6.07, 6.45) is 0. The minimum atomic E-state index is -2.82. The molecule has 0 aliphatic carbocycles. The number of nitrogens with two attached hydrogens (primary N) is 1. The molecule has 2 rings (SSSR count). The number of nitrogens with zero attached hydrogens (tertiary/aromatic N) is 2. The maximum Gasteiger partial charge on any atom is 0.387 e. The van der Waals surface area contributed by atoms with Crippen LogP contribution in [0.15, 0.2) is 29.3 Å². The van der Waals surface area contributed by atoms with E-state index in [1.165, 1.54) is 6.07 Å². The summed E-state index contributed by atoms with van der Waals surface area (Å²) in [5.74, 6) is 2.74. The van der Waals surface area contributed by atoms with Crippen LogP contribution in [-0.2, 0) is 6.54 Å².